The molecule has 0 bridgehead atoms. The molecule has 0 aliphatic heterocycles. The lowest BCUT2D eigenvalue weighted by Gasteiger charge is -2.01. The summed E-state index contributed by atoms with van der Waals surface area (Å²) >= 11 is 6.22. The van der Waals surface area contributed by atoms with E-state index in [0.717, 1.165) is 21.7 Å². The molecule has 1 heterocycles. The Morgan fingerprint density at radius 2 is 1.88 bits per heavy atom. The fourth-order valence-electron chi connectivity index (χ4n) is 2.05. The van der Waals surface area contributed by atoms with E-state index in [1.54, 1.807) is 6.92 Å². The third-order valence-corrected chi connectivity index (χ3v) is 3.22. The minimum Gasteiger partial charge on any atom is -0.458 e. The largest absolute Gasteiger partial charge is 0.458 e. The molecule has 1 aromatic heterocycles. The van der Waals surface area contributed by atoms with Crippen LogP contribution in [0.4, 0.5) is 0 Å². The molecule has 2 nitrogen and oxygen atoms in total. The van der Waals surface area contributed by atoms with Crippen LogP contribution in [0.2, 0.25) is 5.02 Å². The van der Waals surface area contributed by atoms with Gasteiger partial charge in [-0.05, 0) is 19.1 Å². The van der Waals surface area contributed by atoms with Crippen LogP contribution in [0.25, 0.3) is 21.7 Å². The summed E-state index contributed by atoms with van der Waals surface area (Å²) in [5.41, 5.74) is 0.779. The fourth-order valence-corrected chi connectivity index (χ4v) is 2.33. The molecule has 0 aliphatic carbocycles. The molecule has 0 aliphatic rings. The van der Waals surface area contributed by atoms with Crippen LogP contribution in [-0.2, 0) is 0 Å². The molecular weight excluding hydrogens is 236 g/mol. The van der Waals surface area contributed by atoms with Gasteiger partial charge in [0.05, 0.1) is 0 Å². The number of rotatable bonds is 1. The van der Waals surface area contributed by atoms with Crippen molar-refractivity contribution in [1.29, 1.82) is 0 Å². The molecule has 3 rings (SSSR count). The van der Waals surface area contributed by atoms with E-state index in [0.29, 0.717) is 10.8 Å². The predicted molar refractivity (Wildman–Crippen MR) is 69.4 cm³/mol. The third kappa shape index (κ3) is 1.61. The Balaban J connectivity index is 2.46. The molecule has 0 amide bonds. The second-order valence-corrected chi connectivity index (χ2v) is 4.55. The van der Waals surface area contributed by atoms with Gasteiger partial charge in [-0.25, -0.2) is 0 Å². The van der Waals surface area contributed by atoms with Gasteiger partial charge in [0.25, 0.3) is 0 Å². The summed E-state index contributed by atoms with van der Waals surface area (Å²) in [5, 5.41) is 13.1. The lowest BCUT2D eigenvalue weighted by atomic mass is 10.1. The Labute approximate surface area is 103 Å². The first-order valence-corrected chi connectivity index (χ1v) is 5.83. The monoisotopic (exact) mass is 246 g/mol. The first-order chi connectivity index (χ1) is 8.16. The Hall–Kier alpha value is -1.51. The van der Waals surface area contributed by atoms with Crippen LogP contribution in [0, 0.1) is 0 Å². The Morgan fingerprint density at radius 3 is 2.59 bits per heavy atom. The summed E-state index contributed by atoms with van der Waals surface area (Å²) in [6.45, 7) is 1.68. The van der Waals surface area contributed by atoms with E-state index in [4.69, 9.17) is 16.0 Å². The molecule has 3 aromatic rings. The number of fused-ring (bicyclic) bond motifs is 3. The van der Waals surface area contributed by atoms with Gasteiger partial charge in [-0.15, -0.1) is 0 Å². The molecule has 17 heavy (non-hydrogen) atoms. The lowest BCUT2D eigenvalue weighted by Crippen LogP contribution is -1.85. The van der Waals surface area contributed by atoms with Crippen molar-refractivity contribution in [2.75, 3.05) is 0 Å². The fraction of sp³-hybridized carbons (Fsp3) is 0.143. The van der Waals surface area contributed by atoms with Crippen LogP contribution >= 0.6 is 11.6 Å². The highest BCUT2D eigenvalue weighted by molar-refractivity contribution is 6.37. The zero-order valence-corrected chi connectivity index (χ0v) is 10.0. The van der Waals surface area contributed by atoms with E-state index >= 15 is 0 Å². The van der Waals surface area contributed by atoms with Crippen LogP contribution in [0.15, 0.2) is 40.8 Å². The molecule has 1 unspecified atom stereocenters. The van der Waals surface area contributed by atoms with E-state index in [2.05, 4.69) is 0 Å². The van der Waals surface area contributed by atoms with Gasteiger partial charge in [-0.3, -0.25) is 0 Å². The van der Waals surface area contributed by atoms with E-state index in [1.165, 1.54) is 0 Å². The maximum absolute atomic E-state index is 9.54. The average molecular weight is 247 g/mol. The molecule has 0 saturated heterocycles. The summed E-state index contributed by atoms with van der Waals surface area (Å²) in [4.78, 5) is 0. The summed E-state index contributed by atoms with van der Waals surface area (Å²) in [5.74, 6) is 0.562. The molecule has 0 saturated carbocycles. The van der Waals surface area contributed by atoms with Gasteiger partial charge in [0, 0.05) is 21.2 Å². The predicted octanol–water partition coefficient (Wildman–Crippen LogP) is 4.29. The first-order valence-electron chi connectivity index (χ1n) is 5.45. The summed E-state index contributed by atoms with van der Waals surface area (Å²) in [6, 6.07) is 11.5. The van der Waals surface area contributed by atoms with E-state index in [9.17, 15) is 5.11 Å². The number of aliphatic hydroxyl groups is 1. The Kier molecular flexibility index (Phi) is 2.35. The topological polar surface area (TPSA) is 33.4 Å². The molecule has 3 heteroatoms. The van der Waals surface area contributed by atoms with Crippen molar-refractivity contribution in [2.24, 2.45) is 0 Å². The summed E-state index contributed by atoms with van der Waals surface area (Å²) in [6.07, 6.45) is -0.611. The van der Waals surface area contributed by atoms with Gasteiger partial charge in [-0.1, -0.05) is 35.9 Å². The van der Waals surface area contributed by atoms with Crippen molar-refractivity contribution in [3.05, 3.63) is 47.2 Å². The smallest absolute Gasteiger partial charge is 0.142 e. The standard InChI is InChI=1S/C14H11ClO2/c1-8(16)13-7-9-6-12(15)10-4-2-3-5-11(10)14(9)17-13/h2-8,16H,1H3. The number of benzene rings is 2. The third-order valence-electron chi connectivity index (χ3n) is 2.90. The number of furan rings is 1. The van der Waals surface area contributed by atoms with Gasteiger partial charge in [0.15, 0.2) is 0 Å². The number of aliphatic hydroxyl groups excluding tert-OH is 1. The minimum absolute atomic E-state index is 0.562. The quantitative estimate of drug-likeness (QED) is 0.695. The summed E-state index contributed by atoms with van der Waals surface area (Å²) in [7, 11) is 0. The molecule has 1 atom stereocenters. The number of hydrogen-bond donors (Lipinski definition) is 1. The zero-order chi connectivity index (χ0) is 12.0. The molecule has 86 valence electrons. The van der Waals surface area contributed by atoms with Gasteiger partial charge >= 0.3 is 0 Å². The molecule has 1 N–H and O–H groups in total. The Bertz CT molecular complexity index is 698. The van der Waals surface area contributed by atoms with Crippen LogP contribution in [0.1, 0.15) is 18.8 Å². The summed E-state index contributed by atoms with van der Waals surface area (Å²) < 4.78 is 5.69. The Morgan fingerprint density at radius 1 is 1.18 bits per heavy atom. The maximum Gasteiger partial charge on any atom is 0.142 e. The van der Waals surface area contributed by atoms with Crippen LogP contribution < -0.4 is 0 Å². The molecule has 2 aromatic carbocycles. The van der Waals surface area contributed by atoms with Crippen molar-refractivity contribution in [3.63, 3.8) is 0 Å². The van der Waals surface area contributed by atoms with Crippen molar-refractivity contribution < 1.29 is 9.52 Å². The highest BCUT2D eigenvalue weighted by Gasteiger charge is 2.12. The van der Waals surface area contributed by atoms with Gasteiger partial charge in [0.1, 0.15) is 17.4 Å². The highest BCUT2D eigenvalue weighted by atomic mass is 35.5. The maximum atomic E-state index is 9.54. The molecule has 0 spiro atoms. The van der Waals surface area contributed by atoms with Crippen LogP contribution in [0.5, 0.6) is 0 Å². The first kappa shape index (κ1) is 10.6. The van der Waals surface area contributed by atoms with E-state index in [-0.39, 0.29) is 0 Å². The SMILES string of the molecule is CC(O)c1cc2cc(Cl)c3ccccc3c2o1. The number of halogens is 1. The average Bonchev–Trinajstić information content (AvgIpc) is 2.73. The van der Waals surface area contributed by atoms with Crippen LogP contribution in [0.3, 0.4) is 0 Å². The van der Waals surface area contributed by atoms with E-state index in [1.807, 2.05) is 36.4 Å². The van der Waals surface area contributed by atoms with Gasteiger partial charge in [0.2, 0.25) is 0 Å². The lowest BCUT2D eigenvalue weighted by molar-refractivity contribution is 0.172. The zero-order valence-electron chi connectivity index (χ0n) is 9.27. The normalized spacial score (nSPS) is 13.4. The number of hydrogen-bond acceptors (Lipinski definition) is 2. The van der Waals surface area contributed by atoms with Crippen molar-refractivity contribution >= 4 is 33.3 Å². The van der Waals surface area contributed by atoms with Crippen LogP contribution in [-0.4, -0.2) is 5.11 Å². The second-order valence-electron chi connectivity index (χ2n) is 4.15. The molecular formula is C14H11ClO2. The molecule has 0 radical (unpaired) electrons. The van der Waals surface area contributed by atoms with Crippen molar-refractivity contribution in [1.82, 2.24) is 0 Å². The molecule has 0 fully saturated rings. The van der Waals surface area contributed by atoms with Crippen molar-refractivity contribution in [3.8, 4) is 0 Å². The van der Waals surface area contributed by atoms with Crippen molar-refractivity contribution in [2.45, 2.75) is 13.0 Å². The van der Waals surface area contributed by atoms with Gasteiger partial charge in [-0.2, -0.15) is 0 Å². The minimum atomic E-state index is -0.611. The highest BCUT2D eigenvalue weighted by Crippen LogP contribution is 2.34. The second kappa shape index (κ2) is 3.76. The van der Waals surface area contributed by atoms with Gasteiger partial charge < -0.3 is 9.52 Å². The van der Waals surface area contributed by atoms with E-state index < -0.39 is 6.10 Å².